The highest BCUT2D eigenvalue weighted by molar-refractivity contribution is 5.76. The smallest absolute Gasteiger partial charge is 0.268 e. The van der Waals surface area contributed by atoms with E-state index in [2.05, 4.69) is 28.3 Å². The third kappa shape index (κ3) is 4.96. The van der Waals surface area contributed by atoms with Crippen LogP contribution in [0.3, 0.4) is 0 Å². The topological polar surface area (TPSA) is 67.2 Å². The van der Waals surface area contributed by atoms with Crippen molar-refractivity contribution < 1.29 is 4.79 Å². The van der Waals surface area contributed by atoms with E-state index in [4.69, 9.17) is 0 Å². The third-order valence-electron chi connectivity index (χ3n) is 5.25. The number of nitrogens with zero attached hydrogens (tertiary/aromatic N) is 3. The summed E-state index contributed by atoms with van der Waals surface area (Å²) in [6.07, 6.45) is 4.33. The molecule has 144 valence electrons. The Kier molecular flexibility index (Phi) is 6.27. The Hall–Kier alpha value is -2.63. The van der Waals surface area contributed by atoms with Crippen LogP contribution >= 0.6 is 0 Å². The van der Waals surface area contributed by atoms with Gasteiger partial charge in [-0.25, -0.2) is 4.68 Å². The molecule has 0 radical (unpaired) electrons. The molecule has 6 nitrogen and oxygen atoms in total. The van der Waals surface area contributed by atoms with E-state index in [-0.39, 0.29) is 11.5 Å². The Morgan fingerprint density at radius 2 is 2.15 bits per heavy atom. The molecule has 1 aromatic heterocycles. The molecule has 1 aromatic carbocycles. The van der Waals surface area contributed by atoms with Gasteiger partial charge in [-0.15, -0.1) is 0 Å². The van der Waals surface area contributed by atoms with Crippen molar-refractivity contribution in [2.45, 2.75) is 46.2 Å². The third-order valence-corrected chi connectivity index (χ3v) is 5.25. The van der Waals surface area contributed by atoms with Crippen LogP contribution in [0.4, 0.5) is 5.69 Å². The van der Waals surface area contributed by atoms with E-state index in [1.165, 1.54) is 10.2 Å². The van der Waals surface area contributed by atoms with Gasteiger partial charge in [-0.1, -0.05) is 24.3 Å². The summed E-state index contributed by atoms with van der Waals surface area (Å²) in [7, 11) is 0. The lowest BCUT2D eigenvalue weighted by atomic mass is 9.94. The van der Waals surface area contributed by atoms with Gasteiger partial charge >= 0.3 is 0 Å². The molecule has 1 saturated heterocycles. The zero-order valence-electron chi connectivity index (χ0n) is 16.1. The van der Waals surface area contributed by atoms with Crippen LogP contribution in [0.1, 0.15) is 37.3 Å². The lowest BCUT2D eigenvalue weighted by Crippen LogP contribution is -2.38. The van der Waals surface area contributed by atoms with E-state index < -0.39 is 0 Å². The van der Waals surface area contributed by atoms with Crippen molar-refractivity contribution in [3.8, 4) is 0 Å². The number of aryl methyl sites for hydroxylation is 2. The minimum absolute atomic E-state index is 0.0758. The van der Waals surface area contributed by atoms with Crippen molar-refractivity contribution in [1.29, 1.82) is 0 Å². The lowest BCUT2D eigenvalue weighted by Gasteiger charge is -2.34. The van der Waals surface area contributed by atoms with Gasteiger partial charge in [0.2, 0.25) is 5.91 Å². The Morgan fingerprint density at radius 3 is 2.89 bits per heavy atom. The molecule has 1 fully saturated rings. The van der Waals surface area contributed by atoms with E-state index in [0.717, 1.165) is 37.2 Å². The number of anilines is 1. The van der Waals surface area contributed by atoms with Gasteiger partial charge in [-0.05, 0) is 43.7 Å². The van der Waals surface area contributed by atoms with Crippen LogP contribution in [0.15, 0.2) is 41.3 Å². The molecule has 0 aliphatic carbocycles. The molecular weight excluding hydrogens is 340 g/mol. The van der Waals surface area contributed by atoms with Crippen molar-refractivity contribution in [1.82, 2.24) is 15.1 Å². The van der Waals surface area contributed by atoms with Gasteiger partial charge in [-0.3, -0.25) is 9.59 Å². The first-order chi connectivity index (χ1) is 13.1. The van der Waals surface area contributed by atoms with Crippen molar-refractivity contribution in [3.63, 3.8) is 0 Å². The molecule has 1 aliphatic heterocycles. The highest BCUT2D eigenvalue weighted by Gasteiger charge is 2.23. The molecular formula is C21H28N4O2. The van der Waals surface area contributed by atoms with Crippen molar-refractivity contribution in [2.75, 3.05) is 18.0 Å². The van der Waals surface area contributed by atoms with Gasteiger partial charge in [0.15, 0.2) is 0 Å². The number of aromatic nitrogens is 2. The van der Waals surface area contributed by atoms with Crippen LogP contribution in [-0.2, 0) is 17.9 Å². The second kappa shape index (κ2) is 8.84. The summed E-state index contributed by atoms with van der Waals surface area (Å²) < 4.78 is 1.45. The molecule has 6 heteroatoms. The number of piperidine rings is 1. The van der Waals surface area contributed by atoms with E-state index in [0.29, 0.717) is 25.4 Å². The average Bonchev–Trinajstić information content (AvgIpc) is 2.67. The molecule has 1 unspecified atom stereocenters. The molecule has 2 aromatic rings. The largest absolute Gasteiger partial charge is 0.370 e. The fraction of sp³-hybridized carbons (Fsp3) is 0.476. The SMILES string of the molecule is CCn1ncc(N2CCCC(CC(=O)NCc3ccccc3C)C2)cc1=O. The zero-order chi connectivity index (χ0) is 19.2. The first-order valence-electron chi connectivity index (χ1n) is 9.70. The molecule has 0 bridgehead atoms. The zero-order valence-corrected chi connectivity index (χ0v) is 16.1. The monoisotopic (exact) mass is 368 g/mol. The van der Waals surface area contributed by atoms with Crippen LogP contribution in [0, 0.1) is 12.8 Å². The minimum atomic E-state index is -0.0758. The van der Waals surface area contributed by atoms with Crippen LogP contribution in [-0.4, -0.2) is 28.8 Å². The van der Waals surface area contributed by atoms with E-state index in [1.54, 1.807) is 12.3 Å². The maximum atomic E-state index is 12.4. The minimum Gasteiger partial charge on any atom is -0.370 e. The number of hydrogen-bond donors (Lipinski definition) is 1. The number of carbonyl (C=O) groups is 1. The number of amides is 1. The van der Waals surface area contributed by atoms with Gasteiger partial charge in [-0.2, -0.15) is 5.10 Å². The maximum Gasteiger partial charge on any atom is 0.268 e. The van der Waals surface area contributed by atoms with Gasteiger partial charge < -0.3 is 10.2 Å². The predicted molar refractivity (Wildman–Crippen MR) is 107 cm³/mol. The molecule has 27 heavy (non-hydrogen) atoms. The molecule has 0 spiro atoms. The quantitative estimate of drug-likeness (QED) is 0.851. The lowest BCUT2D eigenvalue weighted by molar-refractivity contribution is -0.122. The van der Waals surface area contributed by atoms with Crippen molar-refractivity contribution in [2.24, 2.45) is 5.92 Å². The normalized spacial score (nSPS) is 17.0. The summed E-state index contributed by atoms with van der Waals surface area (Å²) >= 11 is 0. The summed E-state index contributed by atoms with van der Waals surface area (Å²) in [6.45, 7) is 6.79. The van der Waals surface area contributed by atoms with E-state index in [1.807, 2.05) is 25.1 Å². The number of benzene rings is 1. The summed E-state index contributed by atoms with van der Waals surface area (Å²) in [6, 6.07) is 9.75. The molecule has 1 N–H and O–H groups in total. The Labute approximate surface area is 160 Å². The molecule has 0 saturated carbocycles. The Morgan fingerprint density at radius 1 is 1.33 bits per heavy atom. The van der Waals surface area contributed by atoms with Crippen LogP contribution < -0.4 is 15.8 Å². The van der Waals surface area contributed by atoms with Crippen LogP contribution in [0.5, 0.6) is 0 Å². The van der Waals surface area contributed by atoms with Gasteiger partial charge in [0.05, 0.1) is 11.9 Å². The van der Waals surface area contributed by atoms with E-state index >= 15 is 0 Å². The molecule has 3 rings (SSSR count). The Balaban J connectivity index is 1.55. The highest BCUT2D eigenvalue weighted by Crippen LogP contribution is 2.23. The van der Waals surface area contributed by atoms with Crippen molar-refractivity contribution >= 4 is 11.6 Å². The maximum absolute atomic E-state index is 12.4. The summed E-state index contributed by atoms with van der Waals surface area (Å²) in [4.78, 5) is 26.6. The number of nitrogens with one attached hydrogen (secondary N) is 1. The summed E-state index contributed by atoms with van der Waals surface area (Å²) in [5, 5.41) is 7.26. The van der Waals surface area contributed by atoms with E-state index in [9.17, 15) is 9.59 Å². The van der Waals surface area contributed by atoms with Crippen LogP contribution in [0.2, 0.25) is 0 Å². The molecule has 2 heterocycles. The standard InChI is InChI=1S/C21H28N4O2/c1-3-25-21(27)12-19(14-23-25)24-10-6-8-17(15-24)11-20(26)22-13-18-9-5-4-7-16(18)2/h4-5,7,9,12,14,17H,3,6,8,10-11,13,15H2,1-2H3,(H,22,26). The number of carbonyl (C=O) groups excluding carboxylic acids is 1. The predicted octanol–water partition coefficient (Wildman–Crippen LogP) is 2.49. The van der Waals surface area contributed by atoms with Gasteiger partial charge in [0.25, 0.3) is 5.56 Å². The summed E-state index contributed by atoms with van der Waals surface area (Å²) in [5.41, 5.74) is 3.12. The molecule has 1 atom stereocenters. The Bertz CT molecular complexity index is 846. The second-order valence-electron chi connectivity index (χ2n) is 7.23. The first kappa shape index (κ1) is 19.1. The fourth-order valence-electron chi connectivity index (χ4n) is 3.64. The highest BCUT2D eigenvalue weighted by atomic mass is 16.1. The fourth-order valence-corrected chi connectivity index (χ4v) is 3.64. The average molecular weight is 368 g/mol. The summed E-state index contributed by atoms with van der Waals surface area (Å²) in [5.74, 6) is 0.383. The second-order valence-corrected chi connectivity index (χ2v) is 7.23. The van der Waals surface area contributed by atoms with Gasteiger partial charge in [0.1, 0.15) is 0 Å². The number of hydrogen-bond acceptors (Lipinski definition) is 4. The number of rotatable bonds is 6. The molecule has 1 aliphatic rings. The first-order valence-corrected chi connectivity index (χ1v) is 9.70. The van der Waals surface area contributed by atoms with Crippen LogP contribution in [0.25, 0.3) is 0 Å². The van der Waals surface area contributed by atoms with Gasteiger partial charge in [0, 0.05) is 38.7 Å². The molecule has 1 amide bonds. The van der Waals surface area contributed by atoms with Crippen molar-refractivity contribution in [3.05, 3.63) is 58.0 Å².